The van der Waals surface area contributed by atoms with Crippen LogP contribution in [-0.2, 0) is 24.5 Å². The lowest BCUT2D eigenvalue weighted by atomic mass is 10.0. The lowest BCUT2D eigenvalue weighted by Gasteiger charge is -2.16. The normalized spacial score (nSPS) is 10.8. The average Bonchev–Trinajstić information content (AvgIpc) is 2.65. The highest BCUT2D eigenvalue weighted by Gasteiger charge is 2.15. The average molecular weight is 354 g/mol. The van der Waals surface area contributed by atoms with E-state index in [1.807, 2.05) is 37.3 Å². The summed E-state index contributed by atoms with van der Waals surface area (Å²) in [5.41, 5.74) is 1.49. The number of hydrogen-bond donors (Lipinski definition) is 1. The molecule has 0 atom stereocenters. The molecule has 0 saturated carbocycles. The highest BCUT2D eigenvalue weighted by molar-refractivity contribution is 5.63. The Labute approximate surface area is 149 Å². The smallest absolute Gasteiger partial charge is 0.330 e. The van der Waals surface area contributed by atoms with Crippen molar-refractivity contribution < 1.29 is 9.13 Å². The van der Waals surface area contributed by atoms with Crippen molar-refractivity contribution in [2.45, 2.75) is 26.7 Å². The van der Waals surface area contributed by atoms with Gasteiger partial charge in [-0.25, -0.2) is 9.18 Å². The summed E-state index contributed by atoms with van der Waals surface area (Å²) in [5, 5.41) is 0. The zero-order chi connectivity index (χ0) is 18.5. The van der Waals surface area contributed by atoms with Crippen molar-refractivity contribution in [1.82, 2.24) is 9.55 Å². The van der Waals surface area contributed by atoms with Crippen LogP contribution in [0.15, 0.2) is 64.2 Å². The molecule has 1 heterocycles. The highest BCUT2D eigenvalue weighted by atomic mass is 19.1. The van der Waals surface area contributed by atoms with Crippen LogP contribution in [0, 0.1) is 5.82 Å². The molecule has 5 nitrogen and oxygen atoms in total. The summed E-state index contributed by atoms with van der Waals surface area (Å²) in [7, 11) is 0. The van der Waals surface area contributed by atoms with Crippen molar-refractivity contribution in [1.29, 1.82) is 0 Å². The van der Waals surface area contributed by atoms with Gasteiger partial charge in [-0.1, -0.05) is 37.3 Å². The Bertz CT molecular complexity index is 992. The first-order valence-corrected chi connectivity index (χ1v) is 8.33. The lowest BCUT2D eigenvalue weighted by Crippen LogP contribution is -2.34. The monoisotopic (exact) mass is 354 g/mol. The number of aromatic nitrogens is 2. The van der Waals surface area contributed by atoms with E-state index in [2.05, 4.69) is 4.98 Å². The largest absolute Gasteiger partial charge is 0.356 e. The van der Waals surface area contributed by atoms with Crippen molar-refractivity contribution in [2.75, 3.05) is 0 Å². The second-order valence-electron chi connectivity index (χ2n) is 5.84. The fourth-order valence-corrected chi connectivity index (χ4v) is 2.83. The lowest BCUT2D eigenvalue weighted by molar-refractivity contribution is 0.0617. The molecule has 2 aromatic carbocycles. The van der Waals surface area contributed by atoms with Gasteiger partial charge in [-0.05, 0) is 41.8 Å². The van der Waals surface area contributed by atoms with E-state index < -0.39 is 11.2 Å². The summed E-state index contributed by atoms with van der Waals surface area (Å²) in [6.45, 7) is 2.14. The van der Waals surface area contributed by atoms with Gasteiger partial charge in [0.25, 0.3) is 5.56 Å². The summed E-state index contributed by atoms with van der Waals surface area (Å²) in [4.78, 5) is 26.9. The van der Waals surface area contributed by atoms with Gasteiger partial charge in [0.15, 0.2) is 0 Å². The Morgan fingerprint density at radius 1 is 1.04 bits per heavy atom. The minimum absolute atomic E-state index is 0.0236. The van der Waals surface area contributed by atoms with Crippen molar-refractivity contribution in [3.8, 4) is 11.3 Å². The number of benzene rings is 2. The Kier molecular flexibility index (Phi) is 5.43. The Hall–Kier alpha value is -2.99. The maximum atomic E-state index is 13.3. The maximum Gasteiger partial charge on any atom is 0.330 e. The van der Waals surface area contributed by atoms with Crippen molar-refractivity contribution in [2.24, 2.45) is 0 Å². The molecular weight excluding hydrogens is 335 g/mol. The molecule has 3 rings (SSSR count). The standard InChI is InChI=1S/C20H19FN2O3/c1-2-17-18(15-8-10-16(21)11-9-15)23(20(25)22-19(17)24)13-26-12-14-6-4-3-5-7-14/h3-11H,2,12-13H2,1H3,(H,22,24,25). The fraction of sp³-hybridized carbons (Fsp3) is 0.200. The van der Waals surface area contributed by atoms with Gasteiger partial charge in [0.2, 0.25) is 0 Å². The zero-order valence-electron chi connectivity index (χ0n) is 14.4. The van der Waals surface area contributed by atoms with Crippen LogP contribution in [-0.4, -0.2) is 9.55 Å². The van der Waals surface area contributed by atoms with Crippen LogP contribution in [0.25, 0.3) is 11.3 Å². The molecule has 0 unspecified atom stereocenters. The van der Waals surface area contributed by atoms with Crippen LogP contribution < -0.4 is 11.2 Å². The van der Waals surface area contributed by atoms with E-state index in [9.17, 15) is 14.0 Å². The van der Waals surface area contributed by atoms with Gasteiger partial charge in [-0.2, -0.15) is 0 Å². The third-order valence-electron chi connectivity index (χ3n) is 4.10. The van der Waals surface area contributed by atoms with E-state index in [-0.39, 0.29) is 12.5 Å². The molecule has 0 spiro atoms. The summed E-state index contributed by atoms with van der Waals surface area (Å²) in [6.07, 6.45) is 0.432. The molecule has 0 aliphatic rings. The van der Waals surface area contributed by atoms with Gasteiger partial charge in [0, 0.05) is 5.56 Å². The minimum atomic E-state index is -0.556. The van der Waals surface area contributed by atoms with Crippen molar-refractivity contribution >= 4 is 0 Å². The molecule has 0 amide bonds. The van der Waals surface area contributed by atoms with Crippen LogP contribution in [0.1, 0.15) is 18.1 Å². The van der Waals surface area contributed by atoms with Crippen molar-refractivity contribution in [3.63, 3.8) is 0 Å². The molecule has 0 bridgehead atoms. The molecule has 1 aromatic heterocycles. The van der Waals surface area contributed by atoms with Gasteiger partial charge in [-0.3, -0.25) is 14.3 Å². The quantitative estimate of drug-likeness (QED) is 0.740. The fourth-order valence-electron chi connectivity index (χ4n) is 2.83. The van der Waals surface area contributed by atoms with Crippen LogP contribution in [0.3, 0.4) is 0 Å². The summed E-state index contributed by atoms with van der Waals surface area (Å²) in [6, 6.07) is 15.3. The Balaban J connectivity index is 1.99. The molecular formula is C20H19FN2O3. The number of halogens is 1. The molecule has 1 N–H and O–H groups in total. The summed E-state index contributed by atoms with van der Waals surface area (Å²) >= 11 is 0. The molecule has 0 fully saturated rings. The zero-order valence-corrected chi connectivity index (χ0v) is 14.4. The molecule has 6 heteroatoms. The van der Waals surface area contributed by atoms with Gasteiger partial charge < -0.3 is 4.74 Å². The van der Waals surface area contributed by atoms with E-state index in [1.165, 1.54) is 16.7 Å². The predicted molar refractivity (Wildman–Crippen MR) is 97.3 cm³/mol. The molecule has 134 valence electrons. The van der Waals surface area contributed by atoms with Crippen LogP contribution in [0.2, 0.25) is 0 Å². The van der Waals surface area contributed by atoms with Crippen LogP contribution in [0.4, 0.5) is 4.39 Å². The highest BCUT2D eigenvalue weighted by Crippen LogP contribution is 2.21. The molecule has 0 aliphatic carbocycles. The van der Waals surface area contributed by atoms with Crippen LogP contribution >= 0.6 is 0 Å². The number of rotatable bonds is 6. The molecule has 0 aliphatic heterocycles. The number of nitrogens with one attached hydrogen (secondary N) is 1. The molecule has 0 saturated heterocycles. The van der Waals surface area contributed by atoms with Crippen LogP contribution in [0.5, 0.6) is 0 Å². The molecule has 3 aromatic rings. The second kappa shape index (κ2) is 7.93. The number of H-pyrrole nitrogens is 1. The number of aromatic amines is 1. The predicted octanol–water partition coefficient (Wildman–Crippen LogP) is 3.08. The van der Waals surface area contributed by atoms with E-state index in [0.29, 0.717) is 29.8 Å². The van der Waals surface area contributed by atoms with E-state index >= 15 is 0 Å². The van der Waals surface area contributed by atoms with Crippen molar-refractivity contribution in [3.05, 3.63) is 92.4 Å². The Morgan fingerprint density at radius 2 is 1.73 bits per heavy atom. The summed E-state index contributed by atoms with van der Waals surface area (Å²) in [5.74, 6) is -0.383. The minimum Gasteiger partial charge on any atom is -0.356 e. The third kappa shape index (κ3) is 3.81. The topological polar surface area (TPSA) is 64.1 Å². The Morgan fingerprint density at radius 3 is 2.38 bits per heavy atom. The van der Waals surface area contributed by atoms with Gasteiger partial charge >= 0.3 is 5.69 Å². The SMILES string of the molecule is CCc1c(-c2ccc(F)cc2)n(COCc2ccccc2)c(=O)[nH]c1=O. The molecule has 0 radical (unpaired) electrons. The first-order valence-electron chi connectivity index (χ1n) is 8.33. The van der Waals surface area contributed by atoms with Gasteiger partial charge in [0.05, 0.1) is 12.3 Å². The van der Waals surface area contributed by atoms with E-state index in [0.717, 1.165) is 5.56 Å². The first-order chi connectivity index (χ1) is 12.6. The number of nitrogens with zero attached hydrogens (tertiary/aromatic N) is 1. The van der Waals surface area contributed by atoms with E-state index in [4.69, 9.17) is 4.74 Å². The number of hydrogen-bond acceptors (Lipinski definition) is 3. The first kappa shape index (κ1) is 17.8. The summed E-state index contributed by atoms with van der Waals surface area (Å²) < 4.78 is 20.3. The molecule has 26 heavy (non-hydrogen) atoms. The third-order valence-corrected chi connectivity index (χ3v) is 4.10. The van der Waals surface area contributed by atoms with Gasteiger partial charge in [0.1, 0.15) is 12.5 Å². The maximum absolute atomic E-state index is 13.3. The van der Waals surface area contributed by atoms with E-state index in [1.54, 1.807) is 12.1 Å². The van der Waals surface area contributed by atoms with Gasteiger partial charge in [-0.15, -0.1) is 0 Å². The number of ether oxygens (including phenoxy) is 1. The second-order valence-corrected chi connectivity index (χ2v) is 5.84.